The van der Waals surface area contributed by atoms with Crippen molar-refractivity contribution in [3.8, 4) is 5.75 Å². The quantitative estimate of drug-likeness (QED) is 0.0157. The minimum absolute atomic E-state index is 0.0000644. The average molecular weight is 1070 g/mol. The van der Waals surface area contributed by atoms with Crippen LogP contribution in [0.5, 0.6) is 5.75 Å². The van der Waals surface area contributed by atoms with Crippen molar-refractivity contribution in [3.63, 3.8) is 0 Å². The van der Waals surface area contributed by atoms with Gasteiger partial charge in [-0.05, 0) is 25.7 Å². The molecule has 74 heavy (non-hydrogen) atoms. The zero-order valence-corrected chi connectivity index (χ0v) is 42.5. The van der Waals surface area contributed by atoms with E-state index in [1.165, 1.54) is 4.90 Å². The van der Waals surface area contributed by atoms with Crippen molar-refractivity contribution in [2.45, 2.75) is 58.4 Å². The van der Waals surface area contributed by atoms with Crippen molar-refractivity contribution >= 4 is 41.7 Å². The van der Waals surface area contributed by atoms with Gasteiger partial charge in [0.15, 0.2) is 11.6 Å². The van der Waals surface area contributed by atoms with Gasteiger partial charge >= 0.3 is 29.8 Å². The summed E-state index contributed by atoms with van der Waals surface area (Å²) < 4.78 is 86.3. The summed E-state index contributed by atoms with van der Waals surface area (Å²) in [5.41, 5.74) is -2.13. The fourth-order valence-corrected chi connectivity index (χ4v) is 7.85. The van der Waals surface area contributed by atoms with Gasteiger partial charge in [0.2, 0.25) is 28.8 Å². The third-order valence-corrected chi connectivity index (χ3v) is 12.0. The molecule has 0 spiro atoms. The molecule has 0 aliphatic carbocycles. The lowest BCUT2D eigenvalue weighted by Crippen LogP contribution is -2.69. The summed E-state index contributed by atoms with van der Waals surface area (Å²) in [5.74, 6) is -16.2. The summed E-state index contributed by atoms with van der Waals surface area (Å²) in [6, 6.07) is -0.0000644. The zero-order chi connectivity index (χ0) is 55.1. The number of ether oxygens (including phenoxy) is 6. The number of rotatable bonds is 36. The molecule has 1 heterocycles. The predicted octanol–water partition coefficient (Wildman–Crippen LogP) is 1.10. The molecule has 5 N–H and O–H groups in total. The van der Waals surface area contributed by atoms with Crippen molar-refractivity contribution in [3.05, 3.63) is 29.3 Å². The van der Waals surface area contributed by atoms with Crippen LogP contribution in [-0.4, -0.2) is 250 Å². The van der Waals surface area contributed by atoms with Crippen LogP contribution in [0.4, 0.5) is 17.6 Å². The molecule has 0 radical (unpaired) electrons. The summed E-state index contributed by atoms with van der Waals surface area (Å²) >= 11 is 0. The Bertz CT molecular complexity index is 1870. The van der Waals surface area contributed by atoms with Gasteiger partial charge in [-0.1, -0.05) is 20.3 Å². The third kappa shape index (κ3) is 23.6. The number of benzene rings is 1. The number of amides is 2. The Kier molecular flexibility index (Phi) is 31.6. The van der Waals surface area contributed by atoms with Crippen molar-refractivity contribution < 1.29 is 100.0 Å². The largest absolute Gasteiger partial charge is 0.480 e. The van der Waals surface area contributed by atoms with E-state index in [9.17, 15) is 71.5 Å². The Morgan fingerprint density at radius 1 is 0.622 bits per heavy atom. The standard InChI is InChI=1S/C47H74F4N6O17/c1-4-34(3)47(46(67)68,57-17-15-54(32-39(61)62)13-11-53(31-38(59)60)12-14-55(16-18-57)33-40(63)64)45(66)52-10-20-69-22-24-71-26-28-73-29-27-72-25-23-70-21-19-56(5-2)37(58)8-6-7-9-41(65)74-44-42(50)35(48)30-36(49)43(44)51/h30,34H,4-29,31-33H2,1-3H3,(H,52,66)(H,59,60)(H,61,62)(H,63,64)(H,67,68). The van der Waals surface area contributed by atoms with Crippen LogP contribution in [0.3, 0.4) is 0 Å². The molecule has 1 fully saturated rings. The van der Waals surface area contributed by atoms with Crippen LogP contribution in [-0.2, 0) is 57.2 Å². The van der Waals surface area contributed by atoms with Crippen LogP contribution >= 0.6 is 0 Å². The number of halogens is 4. The van der Waals surface area contributed by atoms with Crippen LogP contribution in [0, 0.1) is 29.2 Å². The second-order valence-electron chi connectivity index (χ2n) is 17.1. The fourth-order valence-electron chi connectivity index (χ4n) is 7.85. The molecule has 1 aromatic rings. The monoisotopic (exact) mass is 1070 g/mol. The number of carboxylic acid groups (broad SMARTS) is 4. The molecule has 0 saturated carbocycles. The van der Waals surface area contributed by atoms with E-state index in [-0.39, 0.29) is 176 Å². The number of hydrogen-bond donors (Lipinski definition) is 5. The first-order chi connectivity index (χ1) is 35.3. The van der Waals surface area contributed by atoms with Crippen LogP contribution in [0.2, 0.25) is 0 Å². The molecule has 27 heteroatoms. The number of aliphatic carboxylic acids is 4. The number of hydrogen-bond acceptors (Lipinski definition) is 17. The molecule has 1 aliphatic rings. The molecule has 0 aromatic heterocycles. The Morgan fingerprint density at radius 2 is 1.03 bits per heavy atom. The smallest absolute Gasteiger partial charge is 0.334 e. The maximum Gasteiger partial charge on any atom is 0.334 e. The summed E-state index contributed by atoms with van der Waals surface area (Å²) in [7, 11) is 0. The SMILES string of the molecule is CCC(C)C(C(=O)O)(C(=O)NCCOCCOCCOCCOCCOCCN(CC)C(=O)CCCCC(=O)Oc1c(F)c(F)cc(F)c1F)N1CCN(CC(=O)O)CCN(CC(=O)O)CCN(CC(=O)O)CC1. The molecule has 2 unspecified atom stereocenters. The van der Waals surface area contributed by atoms with Crippen molar-refractivity contribution in [2.24, 2.45) is 5.92 Å². The Morgan fingerprint density at radius 3 is 1.43 bits per heavy atom. The summed E-state index contributed by atoms with van der Waals surface area (Å²) in [6.07, 6.45) is 0.388. The van der Waals surface area contributed by atoms with Gasteiger partial charge in [-0.2, -0.15) is 8.78 Å². The molecular weight excluding hydrogens is 997 g/mol. The molecule has 1 saturated heterocycles. The van der Waals surface area contributed by atoms with Crippen LogP contribution < -0.4 is 10.1 Å². The molecule has 0 bridgehead atoms. The van der Waals surface area contributed by atoms with E-state index in [0.717, 1.165) is 0 Å². The Balaban J connectivity index is 1.68. The highest BCUT2D eigenvalue weighted by Crippen LogP contribution is 2.30. The molecule has 2 amide bonds. The fraction of sp³-hybridized carbons (Fsp3) is 0.723. The summed E-state index contributed by atoms with van der Waals surface area (Å²) in [6.45, 7) is 7.29. The van der Waals surface area contributed by atoms with Crippen LogP contribution in [0.25, 0.3) is 0 Å². The van der Waals surface area contributed by atoms with Gasteiger partial charge in [0, 0.05) is 90.9 Å². The predicted molar refractivity (Wildman–Crippen MR) is 253 cm³/mol. The van der Waals surface area contributed by atoms with Crippen molar-refractivity contribution in [2.75, 3.05) is 158 Å². The highest BCUT2D eigenvalue weighted by atomic mass is 19.2. The second-order valence-corrected chi connectivity index (χ2v) is 17.1. The van der Waals surface area contributed by atoms with E-state index >= 15 is 0 Å². The Hall–Kier alpha value is -5.13. The third-order valence-electron chi connectivity index (χ3n) is 12.0. The van der Waals surface area contributed by atoms with Crippen molar-refractivity contribution in [1.29, 1.82) is 0 Å². The van der Waals surface area contributed by atoms with Gasteiger partial charge in [0.1, 0.15) is 0 Å². The second kappa shape index (κ2) is 36.0. The van der Waals surface area contributed by atoms with E-state index in [0.29, 0.717) is 13.1 Å². The van der Waals surface area contributed by atoms with Gasteiger partial charge in [-0.3, -0.25) is 48.4 Å². The van der Waals surface area contributed by atoms with Crippen molar-refractivity contribution in [1.82, 2.24) is 29.8 Å². The number of carbonyl (C=O) groups is 7. The zero-order valence-electron chi connectivity index (χ0n) is 42.5. The average Bonchev–Trinajstić information content (AvgIpc) is 3.34. The molecule has 1 aromatic carbocycles. The summed E-state index contributed by atoms with van der Waals surface area (Å²) in [4.78, 5) is 94.8. The van der Waals surface area contributed by atoms with Crippen LogP contribution in [0.1, 0.15) is 52.9 Å². The number of carbonyl (C=O) groups excluding carboxylic acids is 3. The van der Waals surface area contributed by atoms with Gasteiger partial charge < -0.3 is 59.1 Å². The maximum atomic E-state index is 14.1. The lowest BCUT2D eigenvalue weighted by molar-refractivity contribution is -0.165. The van der Waals surface area contributed by atoms with Gasteiger partial charge in [0.25, 0.3) is 5.91 Å². The van der Waals surface area contributed by atoms with Gasteiger partial charge in [-0.15, -0.1) is 0 Å². The normalized spacial score (nSPS) is 15.8. The maximum absolute atomic E-state index is 14.1. The molecule has 2 atom stereocenters. The highest BCUT2D eigenvalue weighted by Gasteiger charge is 2.54. The number of nitrogens with one attached hydrogen (secondary N) is 1. The number of esters is 1. The highest BCUT2D eigenvalue weighted by molar-refractivity contribution is 6.07. The first kappa shape index (κ1) is 65.0. The number of carboxylic acids is 4. The van der Waals surface area contributed by atoms with E-state index < -0.39 is 89.3 Å². The van der Waals surface area contributed by atoms with E-state index in [2.05, 4.69) is 10.1 Å². The molecular formula is C47H74F4N6O17. The van der Waals surface area contributed by atoms with E-state index in [4.69, 9.17) is 23.7 Å². The Labute approximate surface area is 427 Å². The van der Waals surface area contributed by atoms with E-state index in [1.54, 1.807) is 40.4 Å². The molecule has 422 valence electrons. The first-order valence-corrected chi connectivity index (χ1v) is 24.6. The lowest BCUT2D eigenvalue weighted by atomic mass is 9.80. The van der Waals surface area contributed by atoms with Crippen LogP contribution in [0.15, 0.2) is 6.07 Å². The molecule has 1 aliphatic heterocycles. The number of likely N-dealkylation sites (N-methyl/N-ethyl adjacent to an activating group) is 1. The number of nitrogens with zero attached hydrogens (tertiary/aromatic N) is 5. The summed E-state index contributed by atoms with van der Waals surface area (Å²) in [5, 5.41) is 42.2. The first-order valence-electron chi connectivity index (χ1n) is 24.6. The van der Waals surface area contributed by atoms with E-state index in [1.807, 2.05) is 0 Å². The topological polar surface area (TPSA) is 284 Å². The lowest BCUT2D eigenvalue weighted by Gasteiger charge is -2.44. The minimum atomic E-state index is -2.13. The minimum Gasteiger partial charge on any atom is -0.480 e. The van der Waals surface area contributed by atoms with Gasteiger partial charge in [-0.25, -0.2) is 13.6 Å². The molecule has 2 rings (SSSR count). The molecule has 23 nitrogen and oxygen atoms in total. The van der Waals surface area contributed by atoms with Gasteiger partial charge in [0.05, 0.1) is 85.7 Å². The number of unbranched alkanes of at least 4 members (excludes halogenated alkanes) is 1.